The number of aliphatic carboxylic acids is 1. The van der Waals surface area contributed by atoms with Crippen LogP contribution in [0.2, 0.25) is 0 Å². The lowest BCUT2D eigenvalue weighted by molar-refractivity contribution is -0.225. The van der Waals surface area contributed by atoms with Crippen molar-refractivity contribution in [2.24, 2.45) is 56.7 Å². The van der Waals surface area contributed by atoms with Crippen molar-refractivity contribution in [2.45, 2.75) is 106 Å². The van der Waals surface area contributed by atoms with Crippen molar-refractivity contribution in [3.63, 3.8) is 0 Å². The lowest BCUT2D eigenvalue weighted by Gasteiger charge is -2.72. The van der Waals surface area contributed by atoms with Crippen molar-refractivity contribution in [3.05, 3.63) is 53.6 Å². The Morgan fingerprint density at radius 3 is 2.24 bits per heavy atom. The first-order valence-electron chi connectivity index (χ1n) is 17.7. The van der Waals surface area contributed by atoms with Gasteiger partial charge in [-0.2, -0.15) is 0 Å². The summed E-state index contributed by atoms with van der Waals surface area (Å²) in [5, 5.41) is 22.3. The molecule has 6 rings (SSSR count). The van der Waals surface area contributed by atoms with Gasteiger partial charge in [-0.3, -0.25) is 4.79 Å². The van der Waals surface area contributed by atoms with Crippen molar-refractivity contribution in [1.82, 2.24) is 5.32 Å². The summed E-state index contributed by atoms with van der Waals surface area (Å²) in [6, 6.07) is 7.55. The molecule has 1 aromatic rings. The predicted molar refractivity (Wildman–Crippen MR) is 181 cm³/mol. The molecule has 0 amide bonds. The number of carboxylic acids is 2. The van der Waals surface area contributed by atoms with Crippen LogP contribution in [0.1, 0.15) is 122 Å². The van der Waals surface area contributed by atoms with E-state index in [2.05, 4.69) is 59.5 Å². The Bertz CT molecular complexity index is 1390. The van der Waals surface area contributed by atoms with Crippen LogP contribution in [0.25, 0.3) is 5.57 Å². The highest BCUT2D eigenvalue weighted by Gasteiger charge is 2.70. The van der Waals surface area contributed by atoms with Gasteiger partial charge in [-0.25, -0.2) is 4.79 Å². The Labute approximate surface area is 271 Å². The number of hydrogen-bond acceptors (Lipinski definition) is 3. The van der Waals surface area contributed by atoms with Gasteiger partial charge in [-0.05, 0) is 145 Å². The van der Waals surface area contributed by atoms with Crippen LogP contribution in [0, 0.1) is 56.7 Å². The molecule has 0 saturated heterocycles. The molecular formula is C40H57NO4. The quantitative estimate of drug-likeness (QED) is 0.201. The van der Waals surface area contributed by atoms with Crippen LogP contribution in [0.4, 0.5) is 0 Å². The lowest BCUT2D eigenvalue weighted by atomic mass is 9.32. The maximum Gasteiger partial charge on any atom is 0.335 e. The van der Waals surface area contributed by atoms with Crippen LogP contribution in [0.5, 0.6) is 0 Å². The third-order valence-electron chi connectivity index (χ3n) is 15.3. The molecular weight excluding hydrogens is 558 g/mol. The zero-order valence-electron chi connectivity index (χ0n) is 28.7. The molecule has 4 saturated carbocycles. The van der Waals surface area contributed by atoms with Crippen molar-refractivity contribution in [3.8, 4) is 0 Å². The Hall–Kier alpha value is -2.40. The van der Waals surface area contributed by atoms with Gasteiger partial charge in [0.15, 0.2) is 0 Å². The molecule has 5 heteroatoms. The Morgan fingerprint density at radius 2 is 1.60 bits per heavy atom. The molecule has 4 fully saturated rings. The summed E-state index contributed by atoms with van der Waals surface area (Å²) >= 11 is 0. The number of allylic oxidation sites excluding steroid dienone is 3. The van der Waals surface area contributed by atoms with Crippen LogP contribution in [0.15, 0.2) is 42.5 Å². The van der Waals surface area contributed by atoms with Crippen LogP contribution < -0.4 is 5.32 Å². The van der Waals surface area contributed by atoms with Gasteiger partial charge in [-0.1, -0.05) is 65.0 Å². The molecule has 0 radical (unpaired) electrons. The average Bonchev–Trinajstić information content (AvgIpc) is 3.36. The SMILES string of the molecule is C=C(C)[C@@H]1CC[C@]2(CNCCC(=O)O)CC[C@]3(C)[C@H](CC[C@@H]4[C@@]5(C)CC=C(c6ccc(C(=O)O)cc6)C(C)(C)[C@@H]5CC[C@]43C)[C@@H]12. The van der Waals surface area contributed by atoms with Crippen molar-refractivity contribution < 1.29 is 19.8 Å². The van der Waals surface area contributed by atoms with Crippen LogP contribution in [-0.4, -0.2) is 35.2 Å². The van der Waals surface area contributed by atoms with Gasteiger partial charge in [-0.15, -0.1) is 0 Å². The number of benzene rings is 1. The zero-order chi connectivity index (χ0) is 32.6. The fourth-order valence-corrected chi connectivity index (χ4v) is 13.0. The molecule has 3 N–H and O–H groups in total. The second-order valence-corrected chi connectivity index (χ2v) is 17.3. The van der Waals surface area contributed by atoms with E-state index in [0.717, 1.165) is 13.0 Å². The van der Waals surface area contributed by atoms with Gasteiger partial charge >= 0.3 is 11.9 Å². The van der Waals surface area contributed by atoms with E-state index in [0.29, 0.717) is 41.7 Å². The minimum atomic E-state index is -0.872. The second-order valence-electron chi connectivity index (χ2n) is 17.3. The van der Waals surface area contributed by atoms with E-state index in [1.165, 1.54) is 68.1 Å². The maximum atomic E-state index is 11.5. The van der Waals surface area contributed by atoms with Crippen molar-refractivity contribution in [1.29, 1.82) is 0 Å². The monoisotopic (exact) mass is 615 g/mol. The summed E-state index contributed by atoms with van der Waals surface area (Å²) in [7, 11) is 0. The molecule has 5 aliphatic carbocycles. The molecule has 0 unspecified atom stereocenters. The first kappa shape index (κ1) is 32.5. The molecule has 5 nitrogen and oxygen atoms in total. The molecule has 0 heterocycles. The van der Waals surface area contributed by atoms with E-state index < -0.39 is 11.9 Å². The number of nitrogens with one attached hydrogen (secondary N) is 1. The van der Waals surface area contributed by atoms with E-state index >= 15 is 0 Å². The topological polar surface area (TPSA) is 86.6 Å². The van der Waals surface area contributed by atoms with E-state index in [-0.39, 0.29) is 33.5 Å². The van der Waals surface area contributed by atoms with E-state index in [4.69, 9.17) is 0 Å². The fraction of sp³-hybridized carbons (Fsp3) is 0.700. The number of rotatable bonds is 8. The number of carboxylic acid groups (broad SMARTS) is 2. The highest BCUT2D eigenvalue weighted by atomic mass is 16.4. The summed E-state index contributed by atoms with van der Waals surface area (Å²) in [6.07, 6.45) is 13.8. The minimum absolute atomic E-state index is 0.0106. The number of aromatic carboxylic acids is 1. The first-order valence-corrected chi connectivity index (χ1v) is 17.7. The number of carbonyl (C=O) groups is 2. The van der Waals surface area contributed by atoms with Crippen LogP contribution in [0.3, 0.4) is 0 Å². The number of hydrogen-bond donors (Lipinski definition) is 3. The molecule has 0 bridgehead atoms. The van der Waals surface area contributed by atoms with Gasteiger partial charge < -0.3 is 15.5 Å². The molecule has 0 aliphatic heterocycles. The predicted octanol–water partition coefficient (Wildman–Crippen LogP) is 9.10. The largest absolute Gasteiger partial charge is 0.481 e. The lowest BCUT2D eigenvalue weighted by Crippen LogP contribution is -2.65. The van der Waals surface area contributed by atoms with Crippen LogP contribution >= 0.6 is 0 Å². The van der Waals surface area contributed by atoms with Crippen molar-refractivity contribution >= 4 is 17.5 Å². The molecule has 45 heavy (non-hydrogen) atoms. The summed E-state index contributed by atoms with van der Waals surface area (Å²) in [5.41, 5.74) is 5.29. The highest BCUT2D eigenvalue weighted by molar-refractivity contribution is 5.88. The zero-order valence-corrected chi connectivity index (χ0v) is 28.7. The van der Waals surface area contributed by atoms with Gasteiger partial charge in [0.25, 0.3) is 0 Å². The molecule has 9 atom stereocenters. The third kappa shape index (κ3) is 4.80. The summed E-state index contributed by atoms with van der Waals surface area (Å²) in [5.74, 6) is 1.52. The van der Waals surface area contributed by atoms with E-state index in [1.54, 1.807) is 12.1 Å². The Morgan fingerprint density at radius 1 is 0.889 bits per heavy atom. The minimum Gasteiger partial charge on any atom is -0.481 e. The summed E-state index contributed by atoms with van der Waals surface area (Å²) in [6.45, 7) is 21.2. The van der Waals surface area contributed by atoms with Crippen LogP contribution in [-0.2, 0) is 4.79 Å². The average molecular weight is 616 g/mol. The van der Waals surface area contributed by atoms with Gasteiger partial charge in [0.2, 0.25) is 0 Å². The summed E-state index contributed by atoms with van der Waals surface area (Å²) in [4.78, 5) is 22.7. The fourth-order valence-electron chi connectivity index (χ4n) is 13.0. The first-order chi connectivity index (χ1) is 21.1. The molecule has 0 spiro atoms. The molecule has 246 valence electrons. The smallest absolute Gasteiger partial charge is 0.335 e. The van der Waals surface area contributed by atoms with Gasteiger partial charge in [0.05, 0.1) is 12.0 Å². The Balaban J connectivity index is 1.31. The number of fused-ring (bicyclic) bond motifs is 7. The highest BCUT2D eigenvalue weighted by Crippen LogP contribution is 2.77. The van der Waals surface area contributed by atoms with Gasteiger partial charge in [0, 0.05) is 13.1 Å². The maximum absolute atomic E-state index is 11.5. The molecule has 5 aliphatic rings. The Kier molecular flexibility index (Phi) is 8.03. The third-order valence-corrected chi connectivity index (χ3v) is 15.3. The van der Waals surface area contributed by atoms with Crippen molar-refractivity contribution in [2.75, 3.05) is 13.1 Å². The van der Waals surface area contributed by atoms with E-state index in [9.17, 15) is 19.8 Å². The normalized spacial score (nSPS) is 41.6. The standard InChI is InChI=1S/C40H57NO4/c1-25(2)28-14-20-40(24-41-23-17-33(42)43)22-21-38(6)30(34(28)40)12-13-32-37(5)18-15-29(26-8-10-27(11-9-26)35(44)45)36(3,4)31(37)16-19-39(32,38)7/h8-11,15,28,30-32,34,41H,1,12-14,16-24H2,2-7H3,(H,42,43)(H,44,45)/t28-,30+,31-,32+,34+,37-,38+,39+,40+/m0/s1. The molecule has 1 aromatic carbocycles. The molecule has 0 aromatic heterocycles. The van der Waals surface area contributed by atoms with Gasteiger partial charge in [0.1, 0.15) is 0 Å². The second kappa shape index (κ2) is 11.1. The summed E-state index contributed by atoms with van der Waals surface area (Å²) < 4.78 is 0. The van der Waals surface area contributed by atoms with E-state index in [1.807, 2.05) is 12.1 Å².